The normalized spacial score (nSPS) is 25.2. The van der Waals surface area contributed by atoms with E-state index in [9.17, 15) is 9.59 Å². The molecular weight excluding hydrogens is 330 g/mol. The molecule has 0 saturated heterocycles. The van der Waals surface area contributed by atoms with Gasteiger partial charge in [-0.15, -0.1) is 0 Å². The van der Waals surface area contributed by atoms with Crippen molar-refractivity contribution >= 4 is 11.9 Å². The number of carbonyl (C=O) groups excluding carboxylic acids is 2. The molecular formula is C21H22NO4+. The van der Waals surface area contributed by atoms with Crippen LogP contribution in [0.1, 0.15) is 42.6 Å². The Morgan fingerprint density at radius 1 is 0.885 bits per heavy atom. The number of pyridine rings is 1. The number of aromatic nitrogens is 1. The third-order valence-electron chi connectivity index (χ3n) is 5.39. The van der Waals surface area contributed by atoms with Crippen molar-refractivity contribution in [2.45, 2.75) is 25.8 Å². The number of carbonyl (C=O) groups is 2. The summed E-state index contributed by atoms with van der Waals surface area (Å²) in [6.45, 7) is 4.15. The molecule has 1 aromatic heterocycles. The zero-order chi connectivity index (χ0) is 18.3. The van der Waals surface area contributed by atoms with Gasteiger partial charge < -0.3 is 9.47 Å². The molecule has 0 N–H and O–H groups in total. The predicted octanol–water partition coefficient (Wildman–Crippen LogP) is 2.38. The van der Waals surface area contributed by atoms with Crippen molar-refractivity contribution in [3.63, 3.8) is 0 Å². The fraction of sp³-hybridized carbons (Fsp3) is 0.381. The van der Waals surface area contributed by atoms with Crippen LogP contribution < -0.4 is 4.57 Å². The fourth-order valence-electron chi connectivity index (χ4n) is 4.54. The predicted molar refractivity (Wildman–Crippen MR) is 93.3 cm³/mol. The first-order valence-corrected chi connectivity index (χ1v) is 9.11. The highest BCUT2D eigenvalue weighted by Crippen LogP contribution is 2.52. The summed E-state index contributed by atoms with van der Waals surface area (Å²) in [4.78, 5) is 25.8. The van der Waals surface area contributed by atoms with Gasteiger partial charge in [0.2, 0.25) is 0 Å². The Morgan fingerprint density at radius 3 is 2.19 bits per heavy atom. The minimum Gasteiger partial charge on any atom is -0.466 e. The van der Waals surface area contributed by atoms with Crippen LogP contribution in [0.3, 0.4) is 0 Å². The molecule has 5 nitrogen and oxygen atoms in total. The van der Waals surface area contributed by atoms with Crippen molar-refractivity contribution in [2.75, 3.05) is 13.2 Å². The van der Waals surface area contributed by atoms with E-state index in [4.69, 9.17) is 9.47 Å². The van der Waals surface area contributed by atoms with Gasteiger partial charge in [0.05, 0.1) is 25.0 Å². The molecule has 0 unspecified atom stereocenters. The summed E-state index contributed by atoms with van der Waals surface area (Å²) < 4.78 is 12.8. The van der Waals surface area contributed by atoms with Gasteiger partial charge in [0, 0.05) is 17.7 Å². The van der Waals surface area contributed by atoms with Crippen LogP contribution in [-0.4, -0.2) is 25.2 Å². The smallest absolute Gasteiger partial charge is 0.317 e. The molecule has 0 spiro atoms. The van der Waals surface area contributed by atoms with Gasteiger partial charge in [-0.3, -0.25) is 9.59 Å². The van der Waals surface area contributed by atoms with E-state index in [1.165, 1.54) is 0 Å². The number of hydrogen-bond donors (Lipinski definition) is 0. The molecule has 0 amide bonds. The lowest BCUT2D eigenvalue weighted by Gasteiger charge is -2.43. The van der Waals surface area contributed by atoms with Crippen molar-refractivity contribution in [3.8, 4) is 0 Å². The summed E-state index contributed by atoms with van der Waals surface area (Å²) in [5, 5.41) is 0. The van der Waals surface area contributed by atoms with Crippen LogP contribution >= 0.6 is 0 Å². The van der Waals surface area contributed by atoms with Gasteiger partial charge >= 0.3 is 11.9 Å². The lowest BCUT2D eigenvalue weighted by molar-refractivity contribution is -0.737. The zero-order valence-electron chi connectivity index (χ0n) is 14.9. The summed E-state index contributed by atoms with van der Waals surface area (Å²) in [5.74, 6) is -2.04. The maximum absolute atomic E-state index is 12.9. The first-order valence-electron chi connectivity index (χ1n) is 9.11. The molecule has 1 aliphatic carbocycles. The molecule has 2 aromatic rings. The van der Waals surface area contributed by atoms with Gasteiger partial charge in [-0.2, -0.15) is 4.57 Å². The molecule has 5 heteroatoms. The molecule has 5 rings (SSSR count). The van der Waals surface area contributed by atoms with E-state index in [2.05, 4.69) is 10.6 Å². The Morgan fingerprint density at radius 2 is 1.50 bits per heavy atom. The van der Waals surface area contributed by atoms with E-state index in [-0.39, 0.29) is 30.5 Å². The van der Waals surface area contributed by atoms with Crippen LogP contribution in [0, 0.1) is 11.8 Å². The fourth-order valence-corrected chi connectivity index (χ4v) is 4.54. The van der Waals surface area contributed by atoms with E-state index in [1.54, 1.807) is 13.8 Å². The topological polar surface area (TPSA) is 56.5 Å². The van der Waals surface area contributed by atoms with Gasteiger partial charge in [-0.25, -0.2) is 0 Å². The summed E-state index contributed by atoms with van der Waals surface area (Å²) in [6, 6.07) is 13.7. The number of ether oxygens (including phenoxy) is 2. The maximum atomic E-state index is 12.9. The molecule has 26 heavy (non-hydrogen) atoms. The van der Waals surface area contributed by atoms with E-state index in [0.29, 0.717) is 6.61 Å². The van der Waals surface area contributed by atoms with Gasteiger partial charge in [-0.1, -0.05) is 30.3 Å². The maximum Gasteiger partial charge on any atom is 0.317 e. The number of hydrogen-bond acceptors (Lipinski definition) is 4. The van der Waals surface area contributed by atoms with Gasteiger partial charge in [-0.05, 0) is 19.4 Å². The van der Waals surface area contributed by atoms with E-state index in [1.807, 2.05) is 42.6 Å². The number of fused-ring (bicyclic) bond motifs is 1. The van der Waals surface area contributed by atoms with E-state index >= 15 is 0 Å². The Balaban J connectivity index is 1.94. The largest absolute Gasteiger partial charge is 0.466 e. The standard InChI is InChI=1S/C21H22NO4/c1-3-25-20(23)17-16-13-9-5-6-10-14(13)19(18(17)21(24)26-4-2)22-12-8-7-11-15(16)22/h5-12,16-19H,3-4H2,1-2H3/q+1/t16-,17+,18-,19+/m1/s1. The zero-order valence-corrected chi connectivity index (χ0v) is 14.9. The number of benzene rings is 1. The van der Waals surface area contributed by atoms with Crippen molar-refractivity contribution in [1.29, 1.82) is 0 Å². The Labute approximate surface area is 152 Å². The van der Waals surface area contributed by atoms with Gasteiger partial charge in [0.15, 0.2) is 17.9 Å². The van der Waals surface area contributed by atoms with E-state index in [0.717, 1.165) is 16.8 Å². The molecule has 0 saturated carbocycles. The van der Waals surface area contributed by atoms with Crippen LogP contribution in [0.2, 0.25) is 0 Å². The molecule has 2 bridgehead atoms. The molecule has 3 heterocycles. The third-order valence-corrected chi connectivity index (χ3v) is 5.39. The van der Waals surface area contributed by atoms with Crippen LogP contribution in [0.4, 0.5) is 0 Å². The molecule has 3 aliphatic rings. The van der Waals surface area contributed by atoms with Crippen molar-refractivity contribution in [1.82, 2.24) is 0 Å². The Bertz CT molecular complexity index is 745. The highest BCUT2D eigenvalue weighted by Gasteiger charge is 2.61. The van der Waals surface area contributed by atoms with Crippen LogP contribution in [0.5, 0.6) is 0 Å². The molecule has 1 aromatic carbocycles. The lowest BCUT2D eigenvalue weighted by Crippen LogP contribution is -2.62. The lowest BCUT2D eigenvalue weighted by atomic mass is 9.62. The third kappa shape index (κ3) is 2.34. The average molecular weight is 352 g/mol. The molecule has 134 valence electrons. The van der Waals surface area contributed by atoms with Gasteiger partial charge in [0.1, 0.15) is 5.92 Å². The number of nitrogens with zero attached hydrogens (tertiary/aromatic N) is 1. The molecule has 0 fully saturated rings. The highest BCUT2D eigenvalue weighted by atomic mass is 16.5. The van der Waals surface area contributed by atoms with Crippen molar-refractivity contribution in [3.05, 3.63) is 65.5 Å². The van der Waals surface area contributed by atoms with Crippen LogP contribution in [0.15, 0.2) is 48.7 Å². The minimum absolute atomic E-state index is 0.217. The minimum atomic E-state index is -0.589. The van der Waals surface area contributed by atoms with Crippen molar-refractivity contribution < 1.29 is 23.6 Å². The quantitative estimate of drug-likeness (QED) is 0.626. The summed E-state index contributed by atoms with van der Waals surface area (Å²) in [6.07, 6.45) is 1.98. The van der Waals surface area contributed by atoms with E-state index < -0.39 is 11.8 Å². The summed E-state index contributed by atoms with van der Waals surface area (Å²) in [7, 11) is 0. The molecule has 4 atom stereocenters. The number of esters is 2. The highest BCUT2D eigenvalue weighted by molar-refractivity contribution is 5.85. The van der Waals surface area contributed by atoms with Crippen LogP contribution in [-0.2, 0) is 19.1 Å². The molecule has 0 radical (unpaired) electrons. The number of rotatable bonds is 4. The second-order valence-corrected chi connectivity index (χ2v) is 6.64. The van der Waals surface area contributed by atoms with Crippen LogP contribution in [0.25, 0.3) is 0 Å². The summed E-state index contributed by atoms with van der Waals surface area (Å²) in [5.41, 5.74) is 3.22. The Kier molecular flexibility index (Phi) is 4.23. The Hall–Kier alpha value is -2.69. The summed E-state index contributed by atoms with van der Waals surface area (Å²) >= 11 is 0. The second kappa shape index (κ2) is 6.56. The first kappa shape index (κ1) is 16.8. The second-order valence-electron chi connectivity index (χ2n) is 6.64. The first-order chi connectivity index (χ1) is 12.7. The van der Waals surface area contributed by atoms with Crippen molar-refractivity contribution in [2.24, 2.45) is 11.8 Å². The average Bonchev–Trinajstić information content (AvgIpc) is 2.67. The molecule has 2 aliphatic heterocycles. The SMILES string of the molecule is CCOC(=O)[C@@H]1[C@@H](C(=O)OCC)[C@@H]2c3ccccc3[C@@H]1[n+]1ccccc12. The van der Waals surface area contributed by atoms with Gasteiger partial charge in [0.25, 0.3) is 0 Å². The monoisotopic (exact) mass is 352 g/mol.